The van der Waals surface area contributed by atoms with Gasteiger partial charge in [0, 0.05) is 23.1 Å². The van der Waals surface area contributed by atoms with Crippen LogP contribution in [-0.4, -0.2) is 25.9 Å². The SMILES string of the molecule is COc1ccc(OC)c(NC(=O)CCSc2ccccc2F)c1. The van der Waals surface area contributed by atoms with Crippen LogP contribution in [0.15, 0.2) is 47.4 Å². The molecule has 0 radical (unpaired) electrons. The van der Waals surface area contributed by atoms with E-state index in [2.05, 4.69) is 5.32 Å². The van der Waals surface area contributed by atoms with Gasteiger partial charge in [-0.25, -0.2) is 4.39 Å². The zero-order chi connectivity index (χ0) is 16.7. The predicted molar refractivity (Wildman–Crippen MR) is 89.9 cm³/mol. The maximum atomic E-state index is 13.5. The number of hydrogen-bond acceptors (Lipinski definition) is 4. The second kappa shape index (κ2) is 8.43. The van der Waals surface area contributed by atoms with E-state index < -0.39 is 0 Å². The van der Waals surface area contributed by atoms with Crippen LogP contribution in [0.1, 0.15) is 6.42 Å². The Labute approximate surface area is 139 Å². The van der Waals surface area contributed by atoms with Gasteiger partial charge in [-0.2, -0.15) is 0 Å². The number of ether oxygens (including phenoxy) is 2. The number of rotatable bonds is 7. The van der Waals surface area contributed by atoms with E-state index in [4.69, 9.17) is 9.47 Å². The maximum absolute atomic E-state index is 13.5. The van der Waals surface area contributed by atoms with E-state index in [1.165, 1.54) is 24.9 Å². The molecule has 122 valence electrons. The summed E-state index contributed by atoms with van der Waals surface area (Å²) in [5, 5.41) is 2.79. The minimum Gasteiger partial charge on any atom is -0.497 e. The Bertz CT molecular complexity index is 679. The molecule has 4 nitrogen and oxygen atoms in total. The molecule has 0 aliphatic heterocycles. The number of amides is 1. The van der Waals surface area contributed by atoms with Gasteiger partial charge in [0.25, 0.3) is 0 Å². The van der Waals surface area contributed by atoms with E-state index in [0.717, 1.165) is 0 Å². The number of thioether (sulfide) groups is 1. The van der Waals surface area contributed by atoms with Gasteiger partial charge >= 0.3 is 0 Å². The molecule has 0 fully saturated rings. The zero-order valence-corrected chi connectivity index (χ0v) is 13.8. The summed E-state index contributed by atoms with van der Waals surface area (Å²) < 4.78 is 23.8. The molecule has 1 N–H and O–H groups in total. The number of carbonyl (C=O) groups excluding carboxylic acids is 1. The highest BCUT2D eigenvalue weighted by Crippen LogP contribution is 2.29. The van der Waals surface area contributed by atoms with Gasteiger partial charge in [0.2, 0.25) is 5.91 Å². The van der Waals surface area contributed by atoms with Crippen LogP contribution in [0.2, 0.25) is 0 Å². The molecule has 0 heterocycles. The van der Waals surface area contributed by atoms with Crippen LogP contribution in [0, 0.1) is 5.82 Å². The van der Waals surface area contributed by atoms with Crippen LogP contribution in [0.25, 0.3) is 0 Å². The molecule has 0 aromatic heterocycles. The summed E-state index contributed by atoms with van der Waals surface area (Å²) in [7, 11) is 3.09. The molecule has 23 heavy (non-hydrogen) atoms. The number of methoxy groups -OCH3 is 2. The Hall–Kier alpha value is -2.21. The van der Waals surface area contributed by atoms with Crippen molar-refractivity contribution in [1.29, 1.82) is 0 Å². The lowest BCUT2D eigenvalue weighted by molar-refractivity contribution is -0.115. The van der Waals surface area contributed by atoms with Gasteiger partial charge in [0.1, 0.15) is 17.3 Å². The van der Waals surface area contributed by atoms with Crippen molar-refractivity contribution in [2.45, 2.75) is 11.3 Å². The molecule has 0 aliphatic rings. The highest BCUT2D eigenvalue weighted by molar-refractivity contribution is 7.99. The molecule has 2 aromatic carbocycles. The Kier molecular flexibility index (Phi) is 6.29. The third-order valence-corrected chi connectivity index (χ3v) is 4.15. The van der Waals surface area contributed by atoms with Gasteiger partial charge in [-0.15, -0.1) is 11.8 Å². The molecule has 0 bridgehead atoms. The number of halogens is 1. The van der Waals surface area contributed by atoms with Crippen molar-refractivity contribution in [2.75, 3.05) is 25.3 Å². The molecule has 6 heteroatoms. The molecular formula is C17H18FNO3S. The fourth-order valence-corrected chi connectivity index (χ4v) is 2.83. The molecule has 2 rings (SSSR count). The number of hydrogen-bond donors (Lipinski definition) is 1. The van der Waals surface area contributed by atoms with E-state index in [0.29, 0.717) is 27.8 Å². The summed E-state index contributed by atoms with van der Waals surface area (Å²) >= 11 is 1.31. The first-order chi connectivity index (χ1) is 11.1. The van der Waals surface area contributed by atoms with E-state index in [9.17, 15) is 9.18 Å². The molecule has 1 amide bonds. The molecule has 2 aromatic rings. The van der Waals surface area contributed by atoms with Crippen molar-refractivity contribution in [2.24, 2.45) is 0 Å². The van der Waals surface area contributed by atoms with Gasteiger partial charge in [0.15, 0.2) is 0 Å². The van der Waals surface area contributed by atoms with Crippen molar-refractivity contribution in [3.05, 3.63) is 48.3 Å². The first-order valence-corrected chi connectivity index (χ1v) is 8.02. The summed E-state index contributed by atoms with van der Waals surface area (Å²) in [6, 6.07) is 11.7. The lowest BCUT2D eigenvalue weighted by Crippen LogP contribution is -2.13. The van der Waals surface area contributed by atoms with Gasteiger partial charge in [-0.1, -0.05) is 12.1 Å². The van der Waals surface area contributed by atoms with Crippen LogP contribution >= 0.6 is 11.8 Å². The van der Waals surface area contributed by atoms with Gasteiger partial charge in [-0.05, 0) is 24.3 Å². The fourth-order valence-electron chi connectivity index (χ4n) is 1.94. The molecule has 0 unspecified atom stereocenters. The normalized spacial score (nSPS) is 10.2. The Balaban J connectivity index is 1.91. The van der Waals surface area contributed by atoms with E-state index in [1.807, 2.05) is 0 Å². The Morgan fingerprint density at radius 2 is 1.96 bits per heavy atom. The van der Waals surface area contributed by atoms with Crippen molar-refractivity contribution in [3.63, 3.8) is 0 Å². The second-order valence-corrected chi connectivity index (χ2v) is 5.78. The van der Waals surface area contributed by atoms with Crippen molar-refractivity contribution in [3.8, 4) is 11.5 Å². The van der Waals surface area contributed by atoms with E-state index >= 15 is 0 Å². The molecule has 0 saturated carbocycles. The lowest BCUT2D eigenvalue weighted by Gasteiger charge is -2.11. The third kappa shape index (κ3) is 4.89. The molecule has 0 aliphatic carbocycles. The molecular weight excluding hydrogens is 317 g/mol. The van der Waals surface area contributed by atoms with Crippen LogP contribution in [-0.2, 0) is 4.79 Å². The molecule has 0 spiro atoms. The van der Waals surface area contributed by atoms with Gasteiger partial charge in [0.05, 0.1) is 19.9 Å². The Morgan fingerprint density at radius 1 is 1.17 bits per heavy atom. The summed E-state index contributed by atoms with van der Waals surface area (Å²) in [4.78, 5) is 12.6. The van der Waals surface area contributed by atoms with Crippen molar-refractivity contribution in [1.82, 2.24) is 0 Å². The highest BCUT2D eigenvalue weighted by atomic mass is 32.2. The van der Waals surface area contributed by atoms with Crippen LogP contribution < -0.4 is 14.8 Å². The minimum atomic E-state index is -0.271. The summed E-state index contributed by atoms with van der Waals surface area (Å²) in [5.74, 6) is 1.23. The van der Waals surface area contributed by atoms with E-state index in [-0.39, 0.29) is 18.1 Å². The largest absolute Gasteiger partial charge is 0.497 e. The van der Waals surface area contributed by atoms with Crippen molar-refractivity contribution < 1.29 is 18.7 Å². The Morgan fingerprint density at radius 3 is 2.65 bits per heavy atom. The molecule has 0 saturated heterocycles. The van der Waals surface area contributed by atoms with Gasteiger partial charge < -0.3 is 14.8 Å². The molecule has 0 atom stereocenters. The quantitative estimate of drug-likeness (QED) is 0.778. The summed E-state index contributed by atoms with van der Waals surface area (Å²) in [6.45, 7) is 0. The number of anilines is 1. The zero-order valence-electron chi connectivity index (χ0n) is 13.0. The summed E-state index contributed by atoms with van der Waals surface area (Å²) in [6.07, 6.45) is 0.263. The van der Waals surface area contributed by atoms with Crippen LogP contribution in [0.4, 0.5) is 10.1 Å². The van der Waals surface area contributed by atoms with Crippen LogP contribution in [0.5, 0.6) is 11.5 Å². The average molecular weight is 335 g/mol. The smallest absolute Gasteiger partial charge is 0.225 e. The minimum absolute atomic E-state index is 0.166. The highest BCUT2D eigenvalue weighted by Gasteiger charge is 2.10. The number of benzene rings is 2. The average Bonchev–Trinajstić information content (AvgIpc) is 2.56. The fraction of sp³-hybridized carbons (Fsp3) is 0.235. The third-order valence-electron chi connectivity index (χ3n) is 3.10. The first-order valence-electron chi connectivity index (χ1n) is 7.03. The van der Waals surface area contributed by atoms with Crippen LogP contribution in [0.3, 0.4) is 0 Å². The van der Waals surface area contributed by atoms with E-state index in [1.54, 1.807) is 43.5 Å². The lowest BCUT2D eigenvalue weighted by atomic mass is 10.2. The number of nitrogens with one attached hydrogen (secondary N) is 1. The topological polar surface area (TPSA) is 47.6 Å². The standard InChI is InChI=1S/C17H18FNO3S/c1-21-12-7-8-15(22-2)14(11-12)19-17(20)9-10-23-16-6-4-3-5-13(16)18/h3-8,11H,9-10H2,1-2H3,(H,19,20). The monoisotopic (exact) mass is 335 g/mol. The number of carbonyl (C=O) groups is 1. The first kappa shape index (κ1) is 17.1. The summed E-state index contributed by atoms with van der Waals surface area (Å²) in [5.41, 5.74) is 0.549. The maximum Gasteiger partial charge on any atom is 0.225 e. The van der Waals surface area contributed by atoms with Crippen molar-refractivity contribution >= 4 is 23.4 Å². The second-order valence-electron chi connectivity index (χ2n) is 4.64. The van der Waals surface area contributed by atoms with Gasteiger partial charge in [-0.3, -0.25) is 4.79 Å². The predicted octanol–water partition coefficient (Wildman–Crippen LogP) is 3.96.